The van der Waals surface area contributed by atoms with E-state index in [0.29, 0.717) is 35.8 Å². The summed E-state index contributed by atoms with van der Waals surface area (Å²) >= 11 is 0. The highest BCUT2D eigenvalue weighted by atomic mass is 16.5. The van der Waals surface area contributed by atoms with Gasteiger partial charge in [0.15, 0.2) is 0 Å². The maximum absolute atomic E-state index is 11.6. The Morgan fingerprint density at radius 2 is 1.09 bits per heavy atom. The number of rotatable bonds is 16. The molecule has 6 heteroatoms. The second-order valence-corrected chi connectivity index (χ2v) is 7.46. The Morgan fingerprint density at radius 1 is 0.688 bits per heavy atom. The number of esters is 2. The minimum absolute atomic E-state index is 0.449. The van der Waals surface area contributed by atoms with Gasteiger partial charge in [-0.05, 0) is 37.1 Å². The average molecular weight is 447 g/mol. The summed E-state index contributed by atoms with van der Waals surface area (Å²) in [6, 6.07) is 3.66. The van der Waals surface area contributed by atoms with Gasteiger partial charge < -0.3 is 18.9 Å². The Balaban J connectivity index is 3.17. The third-order valence-corrected chi connectivity index (χ3v) is 4.85. The molecule has 0 aliphatic rings. The van der Waals surface area contributed by atoms with Crippen LogP contribution in [0.1, 0.15) is 76.3 Å². The van der Waals surface area contributed by atoms with Crippen molar-refractivity contribution in [3.05, 3.63) is 35.4 Å². The summed E-state index contributed by atoms with van der Waals surface area (Å²) in [7, 11) is 2.67. The quantitative estimate of drug-likeness (QED) is 0.177. The number of ether oxygens (including phenoxy) is 4. The molecule has 0 heterocycles. The Bertz CT molecular complexity index is 687. The molecule has 0 amide bonds. The lowest BCUT2D eigenvalue weighted by Crippen LogP contribution is -2.03. The Morgan fingerprint density at radius 3 is 1.44 bits per heavy atom. The van der Waals surface area contributed by atoms with Crippen LogP contribution in [0, 0.1) is 0 Å². The SMILES string of the molecule is CCCCCCOc1cc(/C=C/C(=O)OC)c(OCCCCCC)cc1/C=C/C(=O)OC. The molecule has 0 aliphatic carbocycles. The van der Waals surface area contributed by atoms with E-state index in [1.165, 1.54) is 26.4 Å². The zero-order valence-corrected chi connectivity index (χ0v) is 20.0. The minimum Gasteiger partial charge on any atom is -0.493 e. The van der Waals surface area contributed by atoms with Crippen molar-refractivity contribution in [1.82, 2.24) is 0 Å². The van der Waals surface area contributed by atoms with Crippen LogP contribution < -0.4 is 9.47 Å². The summed E-state index contributed by atoms with van der Waals surface area (Å²) in [6.45, 7) is 5.46. The molecule has 1 aromatic rings. The predicted octanol–water partition coefficient (Wildman–Crippen LogP) is 5.98. The van der Waals surface area contributed by atoms with E-state index in [0.717, 1.165) is 51.4 Å². The highest BCUT2D eigenvalue weighted by Crippen LogP contribution is 2.32. The van der Waals surface area contributed by atoms with E-state index in [9.17, 15) is 9.59 Å². The van der Waals surface area contributed by atoms with Crippen LogP contribution in [0.3, 0.4) is 0 Å². The number of hydrogen-bond acceptors (Lipinski definition) is 6. The molecule has 0 bridgehead atoms. The van der Waals surface area contributed by atoms with Crippen LogP contribution >= 0.6 is 0 Å². The van der Waals surface area contributed by atoms with E-state index in [4.69, 9.17) is 18.9 Å². The van der Waals surface area contributed by atoms with Gasteiger partial charge in [0.05, 0.1) is 27.4 Å². The molecule has 0 saturated carbocycles. The van der Waals surface area contributed by atoms with Crippen molar-refractivity contribution in [1.29, 1.82) is 0 Å². The number of unbranched alkanes of at least 4 members (excludes halogenated alkanes) is 6. The van der Waals surface area contributed by atoms with Gasteiger partial charge in [0.25, 0.3) is 0 Å². The van der Waals surface area contributed by atoms with Crippen molar-refractivity contribution in [3.8, 4) is 11.5 Å². The standard InChI is InChI=1S/C26H38O6/c1-5-7-9-11-17-31-23-19-22(14-16-26(28)30-4)24(32-18-12-10-8-6-2)20-21(23)13-15-25(27)29-3/h13-16,19-20H,5-12,17-18H2,1-4H3/b15-13+,16-14+. The molecule has 0 atom stereocenters. The molecule has 178 valence electrons. The smallest absolute Gasteiger partial charge is 0.330 e. The van der Waals surface area contributed by atoms with Crippen molar-refractivity contribution < 1.29 is 28.5 Å². The maximum Gasteiger partial charge on any atom is 0.330 e. The fourth-order valence-corrected chi connectivity index (χ4v) is 2.98. The first-order chi connectivity index (χ1) is 15.5. The molecule has 1 rings (SSSR count). The molecule has 32 heavy (non-hydrogen) atoms. The van der Waals surface area contributed by atoms with Crippen molar-refractivity contribution in [2.75, 3.05) is 27.4 Å². The Labute approximate surface area is 192 Å². The first-order valence-electron chi connectivity index (χ1n) is 11.5. The molecule has 0 aliphatic heterocycles. The fourth-order valence-electron chi connectivity index (χ4n) is 2.98. The number of carbonyl (C=O) groups is 2. The summed E-state index contributed by atoms with van der Waals surface area (Å²) < 4.78 is 21.5. The molecule has 0 unspecified atom stereocenters. The minimum atomic E-state index is -0.449. The van der Waals surface area contributed by atoms with Gasteiger partial charge in [-0.3, -0.25) is 0 Å². The number of methoxy groups -OCH3 is 2. The number of hydrogen-bond donors (Lipinski definition) is 0. The topological polar surface area (TPSA) is 71.1 Å². The van der Waals surface area contributed by atoms with Crippen LogP contribution in [-0.4, -0.2) is 39.4 Å². The molecule has 0 radical (unpaired) electrons. The van der Waals surface area contributed by atoms with Gasteiger partial charge >= 0.3 is 11.9 Å². The fraction of sp³-hybridized carbons (Fsp3) is 0.538. The van der Waals surface area contributed by atoms with Crippen LogP contribution in [0.5, 0.6) is 11.5 Å². The van der Waals surface area contributed by atoms with Crippen LogP contribution in [0.2, 0.25) is 0 Å². The van der Waals surface area contributed by atoms with E-state index in [1.807, 2.05) is 12.1 Å². The highest BCUT2D eigenvalue weighted by molar-refractivity contribution is 5.89. The summed E-state index contributed by atoms with van der Waals surface area (Å²) in [6.07, 6.45) is 14.7. The van der Waals surface area contributed by atoms with Crippen molar-refractivity contribution in [2.45, 2.75) is 65.2 Å². The van der Waals surface area contributed by atoms with Crippen LogP contribution in [0.25, 0.3) is 12.2 Å². The molecular weight excluding hydrogens is 408 g/mol. The third kappa shape index (κ3) is 11.0. The molecule has 0 saturated heterocycles. The largest absolute Gasteiger partial charge is 0.493 e. The van der Waals surface area contributed by atoms with Crippen LogP contribution in [0.4, 0.5) is 0 Å². The van der Waals surface area contributed by atoms with Gasteiger partial charge in [0.2, 0.25) is 0 Å². The van der Waals surface area contributed by atoms with Gasteiger partial charge in [-0.2, -0.15) is 0 Å². The van der Waals surface area contributed by atoms with E-state index in [-0.39, 0.29) is 0 Å². The van der Waals surface area contributed by atoms with Gasteiger partial charge in [0.1, 0.15) is 11.5 Å². The summed E-state index contributed by atoms with van der Waals surface area (Å²) in [5.41, 5.74) is 1.43. The molecular formula is C26H38O6. The van der Waals surface area contributed by atoms with Crippen molar-refractivity contribution >= 4 is 24.1 Å². The number of carbonyl (C=O) groups excluding carboxylic acids is 2. The lowest BCUT2D eigenvalue weighted by molar-refractivity contribution is -0.135. The molecule has 0 aromatic heterocycles. The molecule has 6 nitrogen and oxygen atoms in total. The Kier molecular flexibility index (Phi) is 14.4. The summed E-state index contributed by atoms with van der Waals surface area (Å²) in [5.74, 6) is 0.334. The molecule has 1 aromatic carbocycles. The normalized spacial score (nSPS) is 11.1. The maximum atomic E-state index is 11.6. The van der Waals surface area contributed by atoms with Gasteiger partial charge in [-0.25, -0.2) is 9.59 Å². The van der Waals surface area contributed by atoms with Gasteiger partial charge in [0, 0.05) is 23.3 Å². The highest BCUT2D eigenvalue weighted by Gasteiger charge is 2.11. The van der Waals surface area contributed by atoms with E-state index in [2.05, 4.69) is 13.8 Å². The number of benzene rings is 1. The van der Waals surface area contributed by atoms with Crippen molar-refractivity contribution in [3.63, 3.8) is 0 Å². The first kappa shape index (κ1) is 27.3. The van der Waals surface area contributed by atoms with Crippen LogP contribution in [0.15, 0.2) is 24.3 Å². The van der Waals surface area contributed by atoms with Gasteiger partial charge in [-0.15, -0.1) is 0 Å². The second kappa shape index (κ2) is 16.9. The first-order valence-corrected chi connectivity index (χ1v) is 11.5. The monoisotopic (exact) mass is 446 g/mol. The van der Waals surface area contributed by atoms with E-state index < -0.39 is 11.9 Å². The van der Waals surface area contributed by atoms with E-state index in [1.54, 1.807) is 12.2 Å². The molecule has 0 fully saturated rings. The lowest BCUT2D eigenvalue weighted by atomic mass is 10.1. The van der Waals surface area contributed by atoms with Gasteiger partial charge in [-0.1, -0.05) is 52.4 Å². The lowest BCUT2D eigenvalue weighted by Gasteiger charge is -2.15. The zero-order valence-electron chi connectivity index (χ0n) is 20.0. The third-order valence-electron chi connectivity index (χ3n) is 4.85. The van der Waals surface area contributed by atoms with Crippen LogP contribution in [-0.2, 0) is 19.1 Å². The summed E-state index contributed by atoms with van der Waals surface area (Å²) in [5, 5.41) is 0. The van der Waals surface area contributed by atoms with Crippen molar-refractivity contribution in [2.24, 2.45) is 0 Å². The van der Waals surface area contributed by atoms with E-state index >= 15 is 0 Å². The molecule has 0 N–H and O–H groups in total. The molecule has 0 spiro atoms. The summed E-state index contributed by atoms with van der Waals surface area (Å²) in [4.78, 5) is 23.2. The second-order valence-electron chi connectivity index (χ2n) is 7.46. The Hall–Kier alpha value is -2.76. The predicted molar refractivity (Wildman–Crippen MR) is 128 cm³/mol. The average Bonchev–Trinajstić information content (AvgIpc) is 2.81. The zero-order chi connectivity index (χ0) is 23.6.